The zero-order chi connectivity index (χ0) is 19.3. The van der Waals surface area contributed by atoms with Gasteiger partial charge < -0.3 is 15.1 Å². The number of allylic oxidation sites excluding steroid dienone is 1. The molecule has 1 amide bonds. The van der Waals surface area contributed by atoms with Gasteiger partial charge in [-0.2, -0.15) is 5.10 Å². The fourth-order valence-corrected chi connectivity index (χ4v) is 5.21. The van der Waals surface area contributed by atoms with Gasteiger partial charge in [-0.15, -0.1) is 0 Å². The van der Waals surface area contributed by atoms with Crippen molar-refractivity contribution in [2.45, 2.75) is 25.7 Å². The van der Waals surface area contributed by atoms with Gasteiger partial charge in [-0.3, -0.25) is 9.78 Å². The molecule has 3 aliphatic heterocycles. The van der Waals surface area contributed by atoms with Crippen molar-refractivity contribution in [3.8, 4) is 0 Å². The summed E-state index contributed by atoms with van der Waals surface area (Å²) in [6, 6.07) is 2.46. The maximum atomic E-state index is 12.9. The minimum absolute atomic E-state index is 0.0233. The third kappa shape index (κ3) is 3.15. The van der Waals surface area contributed by atoms with Gasteiger partial charge in [-0.05, 0) is 26.0 Å². The first-order chi connectivity index (χ1) is 13.6. The number of hydrogen-bond donors (Lipinski definition) is 1. The lowest BCUT2D eigenvalue weighted by Gasteiger charge is -2.39. The highest BCUT2D eigenvalue weighted by Gasteiger charge is 2.30. The van der Waals surface area contributed by atoms with Crippen molar-refractivity contribution in [3.63, 3.8) is 0 Å². The van der Waals surface area contributed by atoms with Crippen LogP contribution in [0.25, 0.3) is 10.8 Å². The smallest absolute Gasteiger partial charge is 0.252 e. The van der Waals surface area contributed by atoms with E-state index < -0.39 is 0 Å². The Labute approximate surface area is 165 Å². The Hall–Kier alpha value is -2.50. The molecule has 0 bridgehead atoms. The molecule has 1 fully saturated rings. The highest BCUT2D eigenvalue weighted by Crippen LogP contribution is 2.44. The van der Waals surface area contributed by atoms with Crippen LogP contribution in [0.2, 0.25) is 0 Å². The Kier molecular flexibility index (Phi) is 4.29. The van der Waals surface area contributed by atoms with E-state index in [1.807, 2.05) is 41.0 Å². The van der Waals surface area contributed by atoms with Crippen molar-refractivity contribution in [3.05, 3.63) is 60.0 Å². The molecule has 3 atom stereocenters. The maximum absolute atomic E-state index is 12.9. The highest BCUT2D eigenvalue weighted by atomic mass is 31.1. The Morgan fingerprint density at radius 1 is 1.36 bits per heavy atom. The molecule has 1 N–H and O–H groups in total. The number of piperazine rings is 1. The summed E-state index contributed by atoms with van der Waals surface area (Å²) in [5, 5.41) is 9.12. The van der Waals surface area contributed by atoms with Crippen LogP contribution in [0.5, 0.6) is 0 Å². The number of fused-ring (bicyclic) bond motifs is 2. The molecule has 28 heavy (non-hydrogen) atoms. The summed E-state index contributed by atoms with van der Waals surface area (Å²) in [6.45, 7) is 7.03. The molecule has 3 aliphatic rings. The summed E-state index contributed by atoms with van der Waals surface area (Å²) < 4.78 is 1.83. The van der Waals surface area contributed by atoms with E-state index in [0.717, 1.165) is 47.6 Å². The molecule has 0 aromatic carbocycles. The van der Waals surface area contributed by atoms with Crippen molar-refractivity contribution in [2.24, 2.45) is 0 Å². The van der Waals surface area contributed by atoms with Gasteiger partial charge in [0.25, 0.3) is 5.91 Å². The average molecular weight is 394 g/mol. The summed E-state index contributed by atoms with van der Waals surface area (Å²) in [7, 11) is 0.469. The lowest BCUT2D eigenvalue weighted by Crippen LogP contribution is -2.49. The number of aromatic nitrogens is 3. The SMILES string of the molecule is Cc1cn2nc(C3=CC(=O)N4C=C(N5CCN[C@H](C)C5)C=CC4P3)cc2cn1. The number of hydrogen-bond acceptors (Lipinski definition) is 5. The second-order valence-corrected chi connectivity index (χ2v) is 8.95. The lowest BCUT2D eigenvalue weighted by atomic mass is 10.2. The number of rotatable bonds is 2. The number of aryl methyl sites for hydroxylation is 1. The van der Waals surface area contributed by atoms with E-state index >= 15 is 0 Å². The second kappa shape index (κ2) is 6.83. The topological polar surface area (TPSA) is 65.8 Å². The molecule has 0 radical (unpaired) electrons. The van der Waals surface area contributed by atoms with E-state index in [9.17, 15) is 4.79 Å². The third-order valence-corrected chi connectivity index (χ3v) is 6.81. The summed E-state index contributed by atoms with van der Waals surface area (Å²) in [5.41, 5.74) is 3.83. The van der Waals surface area contributed by atoms with E-state index in [1.165, 1.54) is 0 Å². The molecule has 144 valence electrons. The normalized spacial score (nSPS) is 25.9. The van der Waals surface area contributed by atoms with Crippen LogP contribution in [0.3, 0.4) is 0 Å². The van der Waals surface area contributed by atoms with Gasteiger partial charge in [0.1, 0.15) is 0 Å². The molecular weight excluding hydrogens is 371 g/mol. The predicted octanol–water partition coefficient (Wildman–Crippen LogP) is 1.93. The molecule has 5 rings (SSSR count). The van der Waals surface area contributed by atoms with Gasteiger partial charge in [0.15, 0.2) is 0 Å². The average Bonchev–Trinajstić information content (AvgIpc) is 3.11. The quantitative estimate of drug-likeness (QED) is 0.789. The zero-order valence-electron chi connectivity index (χ0n) is 16.0. The molecule has 2 unspecified atom stereocenters. The van der Waals surface area contributed by atoms with E-state index in [2.05, 4.69) is 39.4 Å². The van der Waals surface area contributed by atoms with Gasteiger partial charge >= 0.3 is 0 Å². The fourth-order valence-electron chi connectivity index (χ4n) is 3.89. The van der Waals surface area contributed by atoms with Crippen LogP contribution in [-0.2, 0) is 4.79 Å². The number of nitrogens with zero attached hydrogens (tertiary/aromatic N) is 5. The minimum Gasteiger partial charge on any atom is -0.368 e. The summed E-state index contributed by atoms with van der Waals surface area (Å²) in [6.07, 6.45) is 11.8. The van der Waals surface area contributed by atoms with Gasteiger partial charge in [0.2, 0.25) is 0 Å². The zero-order valence-corrected chi connectivity index (χ0v) is 17.0. The van der Waals surface area contributed by atoms with Crippen LogP contribution >= 0.6 is 8.58 Å². The van der Waals surface area contributed by atoms with E-state index in [-0.39, 0.29) is 11.7 Å². The van der Waals surface area contributed by atoms with E-state index in [1.54, 1.807) is 6.08 Å². The van der Waals surface area contributed by atoms with Crippen LogP contribution in [-0.4, -0.2) is 61.8 Å². The third-order valence-electron chi connectivity index (χ3n) is 5.33. The monoisotopic (exact) mass is 394 g/mol. The van der Waals surface area contributed by atoms with Crippen LogP contribution < -0.4 is 5.32 Å². The van der Waals surface area contributed by atoms with Crippen LogP contribution in [0.15, 0.2) is 48.6 Å². The molecular formula is C20H23N6OP. The Morgan fingerprint density at radius 2 is 2.25 bits per heavy atom. The van der Waals surface area contributed by atoms with Crippen molar-refractivity contribution in [2.75, 3.05) is 19.6 Å². The van der Waals surface area contributed by atoms with Gasteiger partial charge in [0.05, 0.1) is 40.8 Å². The minimum atomic E-state index is 0.0233. The Morgan fingerprint density at radius 3 is 3.11 bits per heavy atom. The molecule has 2 aromatic rings. The molecule has 1 saturated heterocycles. The van der Waals surface area contributed by atoms with E-state index in [0.29, 0.717) is 14.6 Å². The summed E-state index contributed by atoms with van der Waals surface area (Å²) in [4.78, 5) is 21.4. The van der Waals surface area contributed by atoms with Crippen molar-refractivity contribution in [1.82, 2.24) is 29.7 Å². The van der Waals surface area contributed by atoms with Crippen LogP contribution in [0.4, 0.5) is 0 Å². The van der Waals surface area contributed by atoms with Crippen molar-refractivity contribution in [1.29, 1.82) is 0 Å². The summed E-state index contributed by atoms with van der Waals surface area (Å²) in [5.74, 6) is 0.0939. The maximum Gasteiger partial charge on any atom is 0.252 e. The Bertz CT molecular complexity index is 1040. The highest BCUT2D eigenvalue weighted by molar-refractivity contribution is 7.51. The Balaban J connectivity index is 1.41. The number of carbonyl (C=O) groups excluding carboxylic acids is 1. The second-order valence-electron chi connectivity index (χ2n) is 7.53. The molecule has 0 saturated carbocycles. The summed E-state index contributed by atoms with van der Waals surface area (Å²) >= 11 is 0. The molecule has 5 heterocycles. The first-order valence-corrected chi connectivity index (χ1v) is 10.7. The van der Waals surface area contributed by atoms with Gasteiger partial charge in [-0.25, -0.2) is 4.52 Å². The first-order valence-electron chi connectivity index (χ1n) is 9.58. The molecule has 8 heteroatoms. The van der Waals surface area contributed by atoms with Crippen LogP contribution in [0.1, 0.15) is 18.3 Å². The van der Waals surface area contributed by atoms with Gasteiger partial charge in [-0.1, -0.05) is 14.7 Å². The molecule has 7 nitrogen and oxygen atoms in total. The van der Waals surface area contributed by atoms with Crippen molar-refractivity contribution < 1.29 is 4.79 Å². The van der Waals surface area contributed by atoms with Gasteiger partial charge in [0, 0.05) is 43.3 Å². The number of amides is 1. The fraction of sp³-hybridized carbons (Fsp3) is 0.350. The first kappa shape index (κ1) is 17.6. The lowest BCUT2D eigenvalue weighted by molar-refractivity contribution is -0.123. The predicted molar refractivity (Wildman–Crippen MR) is 111 cm³/mol. The standard InChI is InChI=1S/C20H23N6OP/c1-13-10-24(6-5-21-13)15-3-4-20-25(12-15)19(27)8-18(28-20)17-7-16-9-22-14(2)11-26(16)23-17/h3-4,7-9,11-13,20-21,28H,5-6,10H2,1-2H3/t13-,20?/m1/s1. The number of nitrogens with one attached hydrogen (secondary N) is 1. The largest absolute Gasteiger partial charge is 0.368 e. The molecule has 2 aromatic heterocycles. The number of carbonyl (C=O) groups is 1. The van der Waals surface area contributed by atoms with E-state index in [4.69, 9.17) is 0 Å². The van der Waals surface area contributed by atoms with Crippen LogP contribution in [0, 0.1) is 6.92 Å². The molecule has 0 aliphatic carbocycles. The molecule has 0 spiro atoms. The van der Waals surface area contributed by atoms with Crippen molar-refractivity contribution >= 4 is 25.3 Å².